The largest absolute Gasteiger partial charge is 0.508 e. The molecule has 0 aliphatic carbocycles. The number of aromatic hydroxyl groups is 1. The predicted octanol–water partition coefficient (Wildman–Crippen LogP) is 3.20. The van der Waals surface area contributed by atoms with Gasteiger partial charge >= 0.3 is 0 Å². The van der Waals surface area contributed by atoms with Gasteiger partial charge in [-0.25, -0.2) is 4.98 Å². The molecule has 0 bridgehead atoms. The van der Waals surface area contributed by atoms with Crippen molar-refractivity contribution in [2.24, 2.45) is 16.9 Å². The fraction of sp³-hybridized carbons (Fsp3) is 0.361. The number of hydrogen-bond donors (Lipinski definition) is 11. The second-order valence-corrected chi connectivity index (χ2v) is 23.1. The van der Waals surface area contributed by atoms with Crippen LogP contribution < -0.4 is 48.2 Å². The van der Waals surface area contributed by atoms with E-state index in [1.165, 1.54) is 78.8 Å². The highest BCUT2D eigenvalue weighted by molar-refractivity contribution is 7.86. The number of carbonyl (C=O) groups excluding carboxylic acids is 9. The average molecular weight is 1220 g/mol. The van der Waals surface area contributed by atoms with E-state index in [1.807, 2.05) is 58.0 Å². The highest BCUT2D eigenvalue weighted by Crippen LogP contribution is 2.20. The number of hydrazine groups is 1. The first kappa shape index (κ1) is 66.6. The SMILES string of the molecule is CC(=O)N1CCC[C@H]1C(=O)N[C@@H](CC(C)C)C(=O)NCC(=O)N[C@@H](CCc1ccccc1)C(=O)N[C@@H](Cc1ccc(O)cc1)C(=O)N[C@@H](CC(C)C)C(=O)NNC(=O)c1ccc(CNC(=O)c2ccc(NN=Cc3ccccc3S(=O)(=O)O)nc2)cc1. The summed E-state index contributed by atoms with van der Waals surface area (Å²) < 4.78 is 32.8. The molecule has 1 fully saturated rings. The Morgan fingerprint density at radius 1 is 0.655 bits per heavy atom. The molecule has 11 N–H and O–H groups in total. The van der Waals surface area contributed by atoms with E-state index >= 15 is 0 Å². The summed E-state index contributed by atoms with van der Waals surface area (Å²) in [5.74, 6) is -5.64. The standard InChI is InChI=1S/C61H74N12O13S/c1-37(2)30-48(69-61(83)51-15-11-29-73(51)39(5)74)57(79)64-36-54(76)66-47(27-21-40-12-7-6-8-13-40)58(80)68-50(32-41-19-25-46(75)26-20-41)59(81)67-49(31-38(3)4)60(82)72-71-56(78)43-22-17-42(18-23-43)33-63-55(77)45-24-28-53(62-34-45)70-65-35-44-14-9-10-16-52(44)87(84,85)86/h6-10,12-14,16-20,22-26,28,34-35,37-38,47-51,75H,11,15,21,27,29-33,36H2,1-5H3,(H,62,70)(H,63,77)(H,64,79)(H,66,76)(H,67,81)(H,68,80)(H,69,83)(H,71,78)(H,72,82)(H,84,85,86)/t47-,48-,49-,50-,51-/m0/s1. The van der Waals surface area contributed by atoms with E-state index in [1.54, 1.807) is 30.3 Å². The number of anilines is 1. The van der Waals surface area contributed by atoms with Gasteiger partial charge in [0.25, 0.3) is 27.8 Å². The summed E-state index contributed by atoms with van der Waals surface area (Å²) in [6, 6.07) is 24.3. The van der Waals surface area contributed by atoms with Crippen LogP contribution in [-0.2, 0) is 63.1 Å². The lowest BCUT2D eigenvalue weighted by Crippen LogP contribution is -2.59. The molecule has 9 amide bonds. The first-order valence-electron chi connectivity index (χ1n) is 28.3. The molecule has 25 nitrogen and oxygen atoms in total. The molecule has 2 heterocycles. The molecule has 0 unspecified atom stereocenters. The van der Waals surface area contributed by atoms with Crippen LogP contribution in [0.4, 0.5) is 5.82 Å². The maximum atomic E-state index is 14.4. The molecule has 1 aromatic heterocycles. The van der Waals surface area contributed by atoms with Gasteiger partial charge in [0.15, 0.2) is 0 Å². The number of rotatable bonds is 28. The smallest absolute Gasteiger partial charge is 0.295 e. The van der Waals surface area contributed by atoms with Crippen LogP contribution in [0, 0.1) is 11.8 Å². The van der Waals surface area contributed by atoms with E-state index in [4.69, 9.17) is 0 Å². The minimum atomic E-state index is -4.48. The Morgan fingerprint density at radius 3 is 1.92 bits per heavy atom. The van der Waals surface area contributed by atoms with E-state index in [0.717, 1.165) is 5.56 Å². The van der Waals surface area contributed by atoms with Crippen LogP contribution in [0.15, 0.2) is 131 Å². The number of carbonyl (C=O) groups is 9. The van der Waals surface area contributed by atoms with Crippen LogP contribution in [0.5, 0.6) is 5.75 Å². The Hall–Kier alpha value is -9.56. The van der Waals surface area contributed by atoms with Crippen molar-refractivity contribution in [3.63, 3.8) is 0 Å². The zero-order chi connectivity index (χ0) is 63.2. The molecular formula is C61H74N12O13S. The molecule has 462 valence electrons. The van der Waals surface area contributed by atoms with Gasteiger partial charge in [0, 0.05) is 43.8 Å². The number of benzene rings is 4. The van der Waals surface area contributed by atoms with Gasteiger partial charge in [-0.15, -0.1) is 0 Å². The number of aryl methyl sites for hydroxylation is 1. The Morgan fingerprint density at radius 2 is 1.28 bits per heavy atom. The Bertz CT molecular complexity index is 3370. The summed E-state index contributed by atoms with van der Waals surface area (Å²) in [6.45, 7) is 8.66. The minimum Gasteiger partial charge on any atom is -0.508 e. The number of hydrogen-bond acceptors (Lipinski definition) is 15. The fourth-order valence-corrected chi connectivity index (χ4v) is 10.1. The van der Waals surface area contributed by atoms with Crippen LogP contribution in [-0.4, -0.2) is 131 Å². The molecule has 87 heavy (non-hydrogen) atoms. The van der Waals surface area contributed by atoms with Crippen molar-refractivity contribution >= 4 is 75.3 Å². The van der Waals surface area contributed by atoms with Gasteiger partial charge in [-0.1, -0.05) is 100 Å². The van der Waals surface area contributed by atoms with Crippen molar-refractivity contribution in [1.29, 1.82) is 0 Å². The van der Waals surface area contributed by atoms with Crippen LogP contribution in [0.3, 0.4) is 0 Å². The zero-order valence-electron chi connectivity index (χ0n) is 48.9. The molecule has 26 heteroatoms. The molecular weight excluding hydrogens is 1140 g/mol. The van der Waals surface area contributed by atoms with Gasteiger partial charge in [0.1, 0.15) is 46.7 Å². The molecule has 4 aromatic carbocycles. The van der Waals surface area contributed by atoms with E-state index in [-0.39, 0.29) is 83.1 Å². The van der Waals surface area contributed by atoms with Crippen molar-refractivity contribution in [2.45, 2.75) is 121 Å². The average Bonchev–Trinajstić information content (AvgIpc) is 3.95. The molecule has 0 spiro atoms. The number of phenolic OH excluding ortho intramolecular Hbond substituents is 1. The first-order valence-corrected chi connectivity index (χ1v) is 29.7. The number of aromatic nitrogens is 1. The Kier molecular flexibility index (Phi) is 24.6. The molecule has 5 atom stereocenters. The van der Waals surface area contributed by atoms with Crippen LogP contribution in [0.25, 0.3) is 0 Å². The quantitative estimate of drug-likeness (QED) is 0.0195. The highest BCUT2D eigenvalue weighted by Gasteiger charge is 2.36. The monoisotopic (exact) mass is 1210 g/mol. The third kappa shape index (κ3) is 21.2. The lowest BCUT2D eigenvalue weighted by atomic mass is 10.00. The van der Waals surface area contributed by atoms with E-state index in [2.05, 4.69) is 58.3 Å². The fourth-order valence-electron chi connectivity index (χ4n) is 9.39. The Labute approximate surface area is 504 Å². The van der Waals surface area contributed by atoms with Gasteiger partial charge in [-0.2, -0.15) is 13.5 Å². The first-order chi connectivity index (χ1) is 41.4. The Balaban J connectivity index is 1.06. The summed E-state index contributed by atoms with van der Waals surface area (Å²) >= 11 is 0. The predicted molar refractivity (Wildman–Crippen MR) is 322 cm³/mol. The van der Waals surface area contributed by atoms with E-state index in [9.17, 15) is 61.2 Å². The third-order valence-corrected chi connectivity index (χ3v) is 14.8. The molecule has 1 aliphatic rings. The van der Waals surface area contributed by atoms with E-state index < -0.39 is 94.1 Å². The van der Waals surface area contributed by atoms with Crippen LogP contribution in [0.2, 0.25) is 0 Å². The number of nitrogens with zero attached hydrogens (tertiary/aromatic N) is 3. The summed E-state index contributed by atoms with van der Waals surface area (Å²) in [7, 11) is -4.48. The number of likely N-dealkylation sites (tertiary alicyclic amines) is 1. The number of phenols is 1. The molecule has 6 rings (SSSR count). The summed E-state index contributed by atoms with van der Waals surface area (Å²) in [5, 5.41) is 30.3. The van der Waals surface area contributed by atoms with Crippen molar-refractivity contribution in [2.75, 3.05) is 18.5 Å². The number of pyridine rings is 1. The van der Waals surface area contributed by atoms with Crippen molar-refractivity contribution in [1.82, 2.24) is 52.6 Å². The van der Waals surface area contributed by atoms with Gasteiger partial charge in [-0.05, 0) is 110 Å². The van der Waals surface area contributed by atoms with Gasteiger partial charge in [0.05, 0.1) is 18.3 Å². The molecule has 5 aromatic rings. The lowest BCUT2D eigenvalue weighted by Gasteiger charge is -2.27. The minimum absolute atomic E-state index is 0.0412. The summed E-state index contributed by atoms with van der Waals surface area (Å²) in [6.07, 6.45) is 4.13. The van der Waals surface area contributed by atoms with E-state index in [0.29, 0.717) is 36.9 Å². The lowest BCUT2D eigenvalue weighted by molar-refractivity contribution is -0.138. The molecule has 1 saturated heterocycles. The van der Waals surface area contributed by atoms with Crippen molar-refractivity contribution in [3.8, 4) is 5.75 Å². The van der Waals surface area contributed by atoms with Crippen LogP contribution in [0.1, 0.15) is 110 Å². The maximum absolute atomic E-state index is 14.4. The second-order valence-electron chi connectivity index (χ2n) is 21.7. The van der Waals surface area contributed by atoms with Crippen molar-refractivity contribution in [3.05, 3.63) is 155 Å². The number of amides is 9. The highest BCUT2D eigenvalue weighted by atomic mass is 32.2. The van der Waals surface area contributed by atoms with Gasteiger partial charge in [0.2, 0.25) is 35.4 Å². The van der Waals surface area contributed by atoms with Crippen LogP contribution >= 0.6 is 0 Å². The molecule has 0 radical (unpaired) electrons. The molecule has 1 aliphatic heterocycles. The second kappa shape index (κ2) is 32.1. The number of hydrazone groups is 1. The summed E-state index contributed by atoms with van der Waals surface area (Å²) in [4.78, 5) is 127. The van der Waals surface area contributed by atoms with Gasteiger partial charge in [-0.3, -0.25) is 64.0 Å². The normalized spacial score (nSPS) is 14.4. The van der Waals surface area contributed by atoms with Crippen molar-refractivity contribution < 1.29 is 61.2 Å². The molecule has 0 saturated carbocycles. The third-order valence-electron chi connectivity index (χ3n) is 13.9. The summed E-state index contributed by atoms with van der Waals surface area (Å²) in [5.41, 5.74) is 9.84. The topological polar surface area (TPSA) is 365 Å². The zero-order valence-corrected chi connectivity index (χ0v) is 49.7. The number of nitrogens with one attached hydrogen (secondary N) is 9. The van der Waals surface area contributed by atoms with Gasteiger partial charge < -0.3 is 41.9 Å². The maximum Gasteiger partial charge on any atom is 0.295 e.